The van der Waals surface area contributed by atoms with Gasteiger partial charge in [0, 0.05) is 12.8 Å². The summed E-state index contributed by atoms with van der Waals surface area (Å²) in [6.45, 7) is 12.0. The van der Waals surface area contributed by atoms with Crippen LogP contribution >= 0.6 is 0 Å². The first-order chi connectivity index (χ1) is 14.2. The van der Waals surface area contributed by atoms with Crippen molar-refractivity contribution in [3.63, 3.8) is 0 Å². The highest BCUT2D eigenvalue weighted by Crippen LogP contribution is 2.62. The first-order valence-electron chi connectivity index (χ1n) is 12.8. The molecule has 30 heavy (non-hydrogen) atoms. The van der Waals surface area contributed by atoms with Gasteiger partial charge in [-0.05, 0) is 78.9 Å². The van der Waals surface area contributed by atoms with E-state index in [0.717, 1.165) is 37.0 Å². The summed E-state index contributed by atoms with van der Waals surface area (Å²) in [4.78, 5) is 11.8. The molecule has 0 heterocycles. The summed E-state index contributed by atoms with van der Waals surface area (Å²) in [6.07, 6.45) is 13.2. The minimum Gasteiger partial charge on any atom is -0.481 e. The molecule has 2 saturated carbocycles. The first-order valence-corrected chi connectivity index (χ1v) is 12.8. The summed E-state index contributed by atoms with van der Waals surface area (Å²) in [7, 11) is 0. The van der Waals surface area contributed by atoms with Gasteiger partial charge in [0.15, 0.2) is 0 Å². The number of carboxylic acids is 1. The van der Waals surface area contributed by atoms with E-state index in [1.165, 1.54) is 44.9 Å². The van der Waals surface area contributed by atoms with Crippen molar-refractivity contribution in [2.75, 3.05) is 0 Å². The van der Waals surface area contributed by atoms with E-state index in [0.29, 0.717) is 41.9 Å². The summed E-state index contributed by atoms with van der Waals surface area (Å²) in [5, 5.41) is 18.5. The number of nitriles is 1. The minimum atomic E-state index is -0.612. The molecule has 0 aromatic carbocycles. The summed E-state index contributed by atoms with van der Waals surface area (Å²) in [5.74, 6) is 3.71. The average molecular weight is 418 g/mol. The molecule has 0 bridgehead atoms. The molecule has 0 saturated heterocycles. The van der Waals surface area contributed by atoms with Gasteiger partial charge >= 0.3 is 5.97 Å². The molecule has 2 aliphatic rings. The number of carbonyl (C=O) groups is 1. The fourth-order valence-corrected chi connectivity index (χ4v) is 7.43. The minimum absolute atomic E-state index is 0.328. The molecule has 0 radical (unpaired) electrons. The molecular formula is C27H47NO2. The van der Waals surface area contributed by atoms with E-state index >= 15 is 0 Å². The molecule has 172 valence electrons. The van der Waals surface area contributed by atoms with Crippen LogP contribution in [0.5, 0.6) is 0 Å². The van der Waals surface area contributed by atoms with E-state index in [4.69, 9.17) is 5.26 Å². The van der Waals surface area contributed by atoms with Crippen LogP contribution in [0, 0.1) is 58.2 Å². The Hall–Kier alpha value is -1.04. The zero-order valence-electron chi connectivity index (χ0n) is 20.3. The van der Waals surface area contributed by atoms with Crippen LogP contribution in [0.2, 0.25) is 0 Å². The van der Waals surface area contributed by atoms with Crippen molar-refractivity contribution in [2.24, 2.45) is 46.8 Å². The monoisotopic (exact) mass is 417 g/mol. The highest BCUT2D eigenvalue weighted by atomic mass is 16.4. The fourth-order valence-electron chi connectivity index (χ4n) is 7.43. The molecule has 0 amide bonds. The van der Waals surface area contributed by atoms with E-state index in [-0.39, 0.29) is 0 Å². The van der Waals surface area contributed by atoms with Crippen LogP contribution in [-0.2, 0) is 4.79 Å². The third-order valence-electron chi connectivity index (χ3n) is 9.03. The Bertz CT molecular complexity index is 580. The van der Waals surface area contributed by atoms with Gasteiger partial charge in [-0.1, -0.05) is 66.7 Å². The normalized spacial score (nSPS) is 33.1. The number of unbranched alkanes of at least 4 members (excludes halogenated alkanes) is 2. The number of fused-ring (bicyclic) bond motifs is 1. The summed E-state index contributed by atoms with van der Waals surface area (Å²) in [5.41, 5.74) is 0.328. The third kappa shape index (κ3) is 6.24. The largest absolute Gasteiger partial charge is 0.481 e. The van der Waals surface area contributed by atoms with Gasteiger partial charge in [0.25, 0.3) is 0 Å². The Labute approximate surface area is 186 Å². The molecule has 0 spiro atoms. The second kappa shape index (κ2) is 11.5. The standard InChI is InChI=1S/C27H47NO2/c1-19(2)10-9-12-21(4)24-13-14-25-23(18-26(29)30)22(15-16-27(24,25)5)20(3)11-7-6-8-17-28/h19-25H,6-16,18H2,1-5H3,(H,29,30)/t20-,21?,22-,23-,24-,25+,27-/m1/s1. The smallest absolute Gasteiger partial charge is 0.303 e. The van der Waals surface area contributed by atoms with Gasteiger partial charge in [-0.3, -0.25) is 4.79 Å². The fraction of sp³-hybridized carbons (Fsp3) is 0.926. The Morgan fingerprint density at radius 2 is 1.73 bits per heavy atom. The number of nitrogens with zero attached hydrogens (tertiary/aromatic N) is 1. The van der Waals surface area contributed by atoms with Gasteiger partial charge < -0.3 is 5.11 Å². The SMILES string of the molecule is CC(C)CCCC(C)[C@H]1CC[C@H]2[C@H](CC(=O)O)[C@@H]([C@H](C)CCCCC#N)CC[C@]12C. The Morgan fingerprint density at radius 1 is 1.03 bits per heavy atom. The molecule has 3 heteroatoms. The molecule has 7 atom stereocenters. The number of rotatable bonds is 12. The summed E-state index contributed by atoms with van der Waals surface area (Å²) in [6, 6.07) is 2.25. The number of carboxylic acid groups (broad SMARTS) is 1. The van der Waals surface area contributed by atoms with Crippen molar-refractivity contribution >= 4 is 5.97 Å². The van der Waals surface area contributed by atoms with E-state index < -0.39 is 5.97 Å². The Kier molecular flexibility index (Phi) is 9.70. The number of aliphatic carboxylic acids is 1. The van der Waals surface area contributed by atoms with Gasteiger partial charge in [-0.25, -0.2) is 0 Å². The topological polar surface area (TPSA) is 61.1 Å². The summed E-state index contributed by atoms with van der Waals surface area (Å²) >= 11 is 0. The van der Waals surface area contributed by atoms with Crippen molar-refractivity contribution in [3.05, 3.63) is 0 Å². The van der Waals surface area contributed by atoms with Crippen molar-refractivity contribution in [3.8, 4) is 6.07 Å². The van der Waals surface area contributed by atoms with Crippen LogP contribution in [-0.4, -0.2) is 11.1 Å². The molecule has 1 N–H and O–H groups in total. The highest BCUT2D eigenvalue weighted by Gasteiger charge is 2.55. The van der Waals surface area contributed by atoms with Gasteiger partial charge in [-0.2, -0.15) is 5.26 Å². The lowest BCUT2D eigenvalue weighted by molar-refractivity contribution is -0.141. The van der Waals surface area contributed by atoms with Crippen LogP contribution in [0.4, 0.5) is 0 Å². The molecule has 0 aliphatic heterocycles. The molecule has 0 aromatic heterocycles. The van der Waals surface area contributed by atoms with Crippen LogP contribution in [0.15, 0.2) is 0 Å². The van der Waals surface area contributed by atoms with Crippen LogP contribution < -0.4 is 0 Å². The van der Waals surface area contributed by atoms with Gasteiger partial charge in [0.2, 0.25) is 0 Å². The van der Waals surface area contributed by atoms with Gasteiger partial charge in [0.05, 0.1) is 6.07 Å². The molecule has 1 unspecified atom stereocenters. The molecule has 0 aromatic rings. The second-order valence-electron chi connectivity index (χ2n) is 11.4. The lowest BCUT2D eigenvalue weighted by Gasteiger charge is -2.51. The lowest BCUT2D eigenvalue weighted by atomic mass is 9.54. The number of hydrogen-bond donors (Lipinski definition) is 1. The predicted octanol–water partition coefficient (Wildman–Crippen LogP) is 7.70. The third-order valence-corrected chi connectivity index (χ3v) is 9.03. The van der Waals surface area contributed by atoms with E-state index in [1.54, 1.807) is 0 Å². The maximum Gasteiger partial charge on any atom is 0.303 e. The van der Waals surface area contributed by atoms with Crippen LogP contribution in [0.3, 0.4) is 0 Å². The van der Waals surface area contributed by atoms with E-state index in [2.05, 4.69) is 40.7 Å². The zero-order valence-corrected chi connectivity index (χ0v) is 20.3. The summed E-state index contributed by atoms with van der Waals surface area (Å²) < 4.78 is 0. The first kappa shape index (κ1) is 25.2. The van der Waals surface area contributed by atoms with Crippen molar-refractivity contribution in [1.29, 1.82) is 5.26 Å². The molecule has 2 aliphatic carbocycles. The van der Waals surface area contributed by atoms with Crippen molar-refractivity contribution < 1.29 is 9.90 Å². The van der Waals surface area contributed by atoms with E-state index in [9.17, 15) is 9.90 Å². The maximum atomic E-state index is 11.8. The Morgan fingerprint density at radius 3 is 2.37 bits per heavy atom. The predicted molar refractivity (Wildman–Crippen MR) is 124 cm³/mol. The van der Waals surface area contributed by atoms with Crippen molar-refractivity contribution in [2.45, 2.75) is 112 Å². The second-order valence-corrected chi connectivity index (χ2v) is 11.4. The highest BCUT2D eigenvalue weighted by molar-refractivity contribution is 5.67. The molecule has 2 rings (SSSR count). The van der Waals surface area contributed by atoms with Crippen LogP contribution in [0.25, 0.3) is 0 Å². The van der Waals surface area contributed by atoms with Gasteiger partial charge in [0.1, 0.15) is 0 Å². The number of hydrogen-bond acceptors (Lipinski definition) is 2. The molecule has 2 fully saturated rings. The van der Waals surface area contributed by atoms with Gasteiger partial charge in [-0.15, -0.1) is 0 Å². The average Bonchev–Trinajstić information content (AvgIpc) is 3.02. The molecule has 3 nitrogen and oxygen atoms in total. The maximum absolute atomic E-state index is 11.8. The lowest BCUT2D eigenvalue weighted by Crippen LogP contribution is -2.45. The zero-order chi connectivity index (χ0) is 22.3. The van der Waals surface area contributed by atoms with Crippen molar-refractivity contribution in [1.82, 2.24) is 0 Å². The Balaban J connectivity index is 2.07. The van der Waals surface area contributed by atoms with E-state index in [1.807, 2.05) is 0 Å². The quantitative estimate of drug-likeness (QED) is 0.331. The molecular weight excluding hydrogens is 370 g/mol. The van der Waals surface area contributed by atoms with Crippen LogP contribution in [0.1, 0.15) is 112 Å².